The molecule has 6 nitrogen and oxygen atoms in total. The molecule has 0 aromatic heterocycles. The van der Waals surface area contributed by atoms with Crippen molar-refractivity contribution in [3.63, 3.8) is 0 Å². The lowest BCUT2D eigenvalue weighted by atomic mass is 10.0. The van der Waals surface area contributed by atoms with Gasteiger partial charge in [0, 0.05) is 6.42 Å². The van der Waals surface area contributed by atoms with Gasteiger partial charge in [0.1, 0.15) is 6.04 Å². The van der Waals surface area contributed by atoms with Crippen LogP contribution in [0.4, 0.5) is 0 Å². The summed E-state index contributed by atoms with van der Waals surface area (Å²) < 4.78 is 0. The van der Waals surface area contributed by atoms with Gasteiger partial charge in [-0.3, -0.25) is 9.59 Å². The molecule has 0 radical (unpaired) electrons. The molecule has 0 heterocycles. The Labute approximate surface area is 95.6 Å². The van der Waals surface area contributed by atoms with Gasteiger partial charge >= 0.3 is 11.9 Å². The average molecular weight is 234 g/mol. The van der Waals surface area contributed by atoms with Gasteiger partial charge in [0.15, 0.2) is 0 Å². The molecule has 96 valence electrons. The number of carbonyl (C=O) groups is 2. The van der Waals surface area contributed by atoms with E-state index in [9.17, 15) is 9.59 Å². The average Bonchev–Trinajstić information content (AvgIpc) is 2.24. The molecule has 0 aromatic carbocycles. The van der Waals surface area contributed by atoms with Crippen molar-refractivity contribution in [2.45, 2.75) is 39.2 Å². The van der Waals surface area contributed by atoms with Crippen molar-refractivity contribution < 1.29 is 19.8 Å². The van der Waals surface area contributed by atoms with E-state index in [0.29, 0.717) is 13.0 Å². The van der Waals surface area contributed by atoms with E-state index in [1.807, 2.05) is 13.8 Å². The van der Waals surface area contributed by atoms with Crippen LogP contribution in [0.2, 0.25) is 0 Å². The molecule has 0 amide bonds. The molecule has 0 fully saturated rings. The summed E-state index contributed by atoms with van der Waals surface area (Å²) in [5.74, 6) is -1.61. The third kappa shape index (κ3) is 10.9. The third-order valence-corrected chi connectivity index (χ3v) is 2.14. The third-order valence-electron chi connectivity index (χ3n) is 2.14. The fourth-order valence-corrected chi connectivity index (χ4v) is 0.751. The molecule has 0 aliphatic rings. The van der Waals surface area contributed by atoms with Crippen molar-refractivity contribution >= 4 is 11.9 Å². The molecule has 0 unspecified atom stereocenters. The lowest BCUT2D eigenvalue weighted by Gasteiger charge is -2.11. The van der Waals surface area contributed by atoms with Crippen molar-refractivity contribution in [2.24, 2.45) is 17.4 Å². The highest BCUT2D eigenvalue weighted by Gasteiger charge is 2.17. The maximum absolute atomic E-state index is 10.2. The van der Waals surface area contributed by atoms with Gasteiger partial charge in [0.2, 0.25) is 0 Å². The molecule has 0 spiro atoms. The van der Waals surface area contributed by atoms with E-state index in [1.165, 1.54) is 0 Å². The number of hydrogen-bond acceptors (Lipinski definition) is 4. The zero-order valence-electron chi connectivity index (χ0n) is 9.85. The summed E-state index contributed by atoms with van der Waals surface area (Å²) in [5.41, 5.74) is 10.3. The van der Waals surface area contributed by atoms with Crippen LogP contribution >= 0.6 is 0 Å². The summed E-state index contributed by atoms with van der Waals surface area (Å²) in [6, 6.07) is -0.699. The molecule has 0 aromatic rings. The predicted molar refractivity (Wildman–Crippen MR) is 61.0 cm³/mol. The Morgan fingerprint density at radius 2 is 1.81 bits per heavy atom. The van der Waals surface area contributed by atoms with Gasteiger partial charge in [-0.25, -0.2) is 0 Å². The number of hydrogen-bond donors (Lipinski definition) is 4. The zero-order chi connectivity index (χ0) is 13.1. The van der Waals surface area contributed by atoms with Gasteiger partial charge in [-0.05, 0) is 18.9 Å². The van der Waals surface area contributed by atoms with Crippen LogP contribution in [0.15, 0.2) is 0 Å². The molecule has 6 N–H and O–H groups in total. The number of nitrogens with two attached hydrogens (primary N) is 2. The summed E-state index contributed by atoms with van der Waals surface area (Å²) in [6.45, 7) is 4.22. The summed E-state index contributed by atoms with van der Waals surface area (Å²) in [4.78, 5) is 19.9. The van der Waals surface area contributed by atoms with E-state index in [0.717, 1.165) is 6.42 Å². The van der Waals surface area contributed by atoms with Crippen molar-refractivity contribution in [1.29, 1.82) is 0 Å². The Morgan fingerprint density at radius 1 is 1.31 bits per heavy atom. The van der Waals surface area contributed by atoms with Crippen LogP contribution in [0.25, 0.3) is 0 Å². The molecular weight excluding hydrogens is 212 g/mol. The first kappa shape index (κ1) is 17.3. The van der Waals surface area contributed by atoms with Crippen LogP contribution in [0.5, 0.6) is 0 Å². The van der Waals surface area contributed by atoms with E-state index in [-0.39, 0.29) is 12.3 Å². The minimum Gasteiger partial charge on any atom is -0.481 e. The number of aliphatic carboxylic acids is 2. The fourth-order valence-electron chi connectivity index (χ4n) is 0.751. The molecule has 0 rings (SSSR count). The van der Waals surface area contributed by atoms with Gasteiger partial charge in [-0.2, -0.15) is 0 Å². The molecule has 0 saturated heterocycles. The summed E-state index contributed by atoms with van der Waals surface area (Å²) in [5, 5.41) is 16.3. The first-order valence-electron chi connectivity index (χ1n) is 5.27. The lowest BCUT2D eigenvalue weighted by Crippen LogP contribution is -2.36. The van der Waals surface area contributed by atoms with Gasteiger partial charge < -0.3 is 21.7 Å². The Kier molecular flexibility index (Phi) is 11.2. The standard InChI is InChI=1S/C6H13NO2.C4H9NO2/c1-3-4(2)5(7)6(8)9;5-3-1-2-4(6)7/h4-5H,3,7H2,1-2H3,(H,8,9);1-3,5H2,(H,6,7)/t4-,5-;/m0./s1. The smallest absolute Gasteiger partial charge is 0.320 e. The Balaban J connectivity index is 0. The Morgan fingerprint density at radius 3 is 1.94 bits per heavy atom. The highest BCUT2D eigenvalue weighted by Crippen LogP contribution is 2.04. The minimum absolute atomic E-state index is 0.0718. The number of rotatable bonds is 6. The van der Waals surface area contributed by atoms with Crippen LogP contribution in [0.1, 0.15) is 33.1 Å². The largest absolute Gasteiger partial charge is 0.481 e. The van der Waals surface area contributed by atoms with Crippen molar-refractivity contribution in [3.05, 3.63) is 0 Å². The van der Waals surface area contributed by atoms with Crippen LogP contribution in [-0.2, 0) is 9.59 Å². The van der Waals surface area contributed by atoms with E-state index >= 15 is 0 Å². The molecule has 0 saturated carbocycles. The van der Waals surface area contributed by atoms with Gasteiger partial charge in [0.05, 0.1) is 0 Å². The molecule has 0 aliphatic heterocycles. The molecule has 0 aliphatic carbocycles. The van der Waals surface area contributed by atoms with E-state index in [2.05, 4.69) is 0 Å². The van der Waals surface area contributed by atoms with Crippen LogP contribution in [0, 0.1) is 5.92 Å². The Hall–Kier alpha value is -1.14. The lowest BCUT2D eigenvalue weighted by molar-refractivity contribution is -0.140. The molecule has 6 heteroatoms. The quantitative estimate of drug-likeness (QED) is 0.522. The monoisotopic (exact) mass is 234 g/mol. The first-order valence-corrected chi connectivity index (χ1v) is 5.27. The number of carboxylic acid groups (broad SMARTS) is 2. The first-order chi connectivity index (χ1) is 7.36. The topological polar surface area (TPSA) is 127 Å². The van der Waals surface area contributed by atoms with Gasteiger partial charge in [-0.1, -0.05) is 20.3 Å². The molecule has 2 atom stereocenters. The van der Waals surface area contributed by atoms with E-state index in [4.69, 9.17) is 21.7 Å². The second-order valence-electron chi connectivity index (χ2n) is 3.54. The summed E-state index contributed by atoms with van der Waals surface area (Å²) in [7, 11) is 0. The maximum atomic E-state index is 10.2. The molecular formula is C10H22N2O4. The van der Waals surface area contributed by atoms with Crippen molar-refractivity contribution in [1.82, 2.24) is 0 Å². The second kappa shape index (κ2) is 10.4. The fraction of sp³-hybridized carbons (Fsp3) is 0.800. The zero-order valence-corrected chi connectivity index (χ0v) is 9.85. The van der Waals surface area contributed by atoms with Crippen LogP contribution in [-0.4, -0.2) is 34.7 Å². The van der Waals surface area contributed by atoms with Crippen molar-refractivity contribution in [3.8, 4) is 0 Å². The molecule has 16 heavy (non-hydrogen) atoms. The maximum Gasteiger partial charge on any atom is 0.320 e. The summed E-state index contributed by atoms with van der Waals surface area (Å²) >= 11 is 0. The molecule has 0 bridgehead atoms. The summed E-state index contributed by atoms with van der Waals surface area (Å²) in [6.07, 6.45) is 1.58. The van der Waals surface area contributed by atoms with Crippen LogP contribution in [0.3, 0.4) is 0 Å². The van der Waals surface area contributed by atoms with E-state index < -0.39 is 18.0 Å². The van der Waals surface area contributed by atoms with E-state index in [1.54, 1.807) is 0 Å². The normalized spacial score (nSPS) is 13.2. The number of carboxylic acids is 2. The second-order valence-corrected chi connectivity index (χ2v) is 3.54. The highest BCUT2D eigenvalue weighted by molar-refractivity contribution is 5.73. The van der Waals surface area contributed by atoms with Gasteiger partial charge in [-0.15, -0.1) is 0 Å². The van der Waals surface area contributed by atoms with Crippen LogP contribution < -0.4 is 11.5 Å². The SMILES string of the molecule is CC[C@H](C)[C@H](N)C(=O)O.NCCCC(=O)O. The van der Waals surface area contributed by atoms with Crippen molar-refractivity contribution in [2.75, 3.05) is 6.54 Å². The Bertz CT molecular complexity index is 209. The van der Waals surface area contributed by atoms with Gasteiger partial charge in [0.25, 0.3) is 0 Å². The highest BCUT2D eigenvalue weighted by atomic mass is 16.4. The predicted octanol–water partition coefficient (Wildman–Crippen LogP) is 0.254. The minimum atomic E-state index is -0.913.